The van der Waals surface area contributed by atoms with E-state index in [1.54, 1.807) is 0 Å². The molecule has 0 aromatic heterocycles. The molecule has 1 saturated carbocycles. The van der Waals surface area contributed by atoms with E-state index in [0.29, 0.717) is 0 Å². The van der Waals surface area contributed by atoms with Crippen molar-refractivity contribution in [2.75, 3.05) is 6.61 Å². The first kappa shape index (κ1) is 12.8. The van der Waals surface area contributed by atoms with Crippen LogP contribution in [0.15, 0.2) is 11.8 Å². The summed E-state index contributed by atoms with van der Waals surface area (Å²) in [6, 6.07) is 0. The Bertz CT molecular complexity index is 198. The fourth-order valence-corrected chi connectivity index (χ4v) is 3.11. The van der Waals surface area contributed by atoms with Crippen molar-refractivity contribution in [1.29, 1.82) is 0 Å². The van der Waals surface area contributed by atoms with Gasteiger partial charge in [0.15, 0.2) is 0 Å². The van der Waals surface area contributed by atoms with E-state index in [1.807, 2.05) is 13.5 Å². The quantitative estimate of drug-likeness (QED) is 0.527. The van der Waals surface area contributed by atoms with Gasteiger partial charge in [-0.05, 0) is 45.2 Å². The lowest BCUT2D eigenvalue weighted by molar-refractivity contribution is 0.251. The van der Waals surface area contributed by atoms with Crippen LogP contribution in [0, 0.1) is 5.92 Å². The van der Waals surface area contributed by atoms with Gasteiger partial charge in [-0.15, -0.1) is 0 Å². The lowest BCUT2D eigenvalue weighted by atomic mass is 9.89. The van der Waals surface area contributed by atoms with E-state index in [9.17, 15) is 0 Å². The molecule has 0 bridgehead atoms. The minimum atomic E-state index is -1.06. The Kier molecular flexibility index (Phi) is 6.02. The minimum absolute atomic E-state index is 0.746. The predicted octanol–water partition coefficient (Wildman–Crippen LogP) is 3.64. The van der Waals surface area contributed by atoms with Crippen molar-refractivity contribution in [2.24, 2.45) is 5.92 Å². The normalized spacial score (nSPS) is 19.6. The molecule has 1 fully saturated rings. The van der Waals surface area contributed by atoms with Crippen LogP contribution in [0.2, 0.25) is 6.55 Å². The Labute approximate surface area is 95.5 Å². The first-order valence-electron chi connectivity index (χ1n) is 6.05. The van der Waals surface area contributed by atoms with Crippen LogP contribution in [-0.2, 0) is 8.85 Å². The Morgan fingerprint density at radius 1 is 1.33 bits per heavy atom. The maximum atomic E-state index is 5.73. The third kappa shape index (κ3) is 5.38. The number of rotatable bonds is 5. The fourth-order valence-electron chi connectivity index (χ4n) is 2.13. The van der Waals surface area contributed by atoms with E-state index in [0.717, 1.165) is 18.3 Å². The summed E-state index contributed by atoms with van der Waals surface area (Å²) in [5, 5.41) is 0. The molecule has 1 rings (SSSR count). The van der Waals surface area contributed by atoms with Crippen LogP contribution in [0.5, 0.6) is 0 Å². The lowest BCUT2D eigenvalue weighted by Gasteiger charge is -2.20. The Morgan fingerprint density at radius 3 is 2.60 bits per heavy atom. The number of hydrogen-bond donors (Lipinski definition) is 0. The van der Waals surface area contributed by atoms with Crippen molar-refractivity contribution in [3.63, 3.8) is 0 Å². The average Bonchev–Trinajstić information content (AvgIpc) is 2.19. The summed E-state index contributed by atoms with van der Waals surface area (Å²) in [5.74, 6) is 1.81. The minimum Gasteiger partial charge on any atom is -0.523 e. The molecule has 1 radical (unpaired) electrons. The van der Waals surface area contributed by atoms with Crippen LogP contribution in [0.25, 0.3) is 0 Å². The molecule has 0 aromatic rings. The van der Waals surface area contributed by atoms with Gasteiger partial charge in [0.2, 0.25) is 0 Å². The maximum Gasteiger partial charge on any atom is 0.454 e. The third-order valence-electron chi connectivity index (χ3n) is 2.77. The first-order chi connectivity index (χ1) is 7.22. The van der Waals surface area contributed by atoms with E-state index < -0.39 is 9.28 Å². The molecule has 0 unspecified atom stereocenters. The van der Waals surface area contributed by atoms with E-state index in [4.69, 9.17) is 8.85 Å². The molecule has 15 heavy (non-hydrogen) atoms. The second-order valence-electron chi connectivity index (χ2n) is 4.20. The molecular formula is C12H23O2Si. The van der Waals surface area contributed by atoms with Gasteiger partial charge in [-0.25, -0.2) is 0 Å². The summed E-state index contributed by atoms with van der Waals surface area (Å²) in [5.41, 5.74) is 0. The molecule has 0 aromatic carbocycles. The first-order valence-corrected chi connectivity index (χ1v) is 7.86. The Balaban J connectivity index is 2.30. The summed E-state index contributed by atoms with van der Waals surface area (Å²) in [4.78, 5) is 0. The highest BCUT2D eigenvalue weighted by molar-refractivity contribution is 6.42. The van der Waals surface area contributed by atoms with Crippen molar-refractivity contribution < 1.29 is 8.85 Å². The highest BCUT2D eigenvalue weighted by Crippen LogP contribution is 2.25. The van der Waals surface area contributed by atoms with Gasteiger partial charge in [-0.3, -0.25) is 0 Å². The van der Waals surface area contributed by atoms with Crippen molar-refractivity contribution in [1.82, 2.24) is 0 Å². The zero-order chi connectivity index (χ0) is 11.1. The predicted molar refractivity (Wildman–Crippen MR) is 64.7 cm³/mol. The average molecular weight is 227 g/mol. The molecule has 1 aliphatic carbocycles. The standard InChI is InChI=1S/C12H23O2Si/c1-4-13-15(3)14-11(2)10-12-8-6-5-7-9-12/h10,12H,4-9H2,1-3H3. The second-order valence-corrected chi connectivity index (χ2v) is 5.68. The van der Waals surface area contributed by atoms with E-state index in [1.165, 1.54) is 32.1 Å². The van der Waals surface area contributed by atoms with Gasteiger partial charge >= 0.3 is 9.28 Å². The van der Waals surface area contributed by atoms with Crippen molar-refractivity contribution in [3.8, 4) is 0 Å². The zero-order valence-corrected chi connectivity index (χ0v) is 11.2. The molecule has 1 aliphatic rings. The molecule has 2 nitrogen and oxygen atoms in total. The van der Waals surface area contributed by atoms with Gasteiger partial charge < -0.3 is 8.85 Å². The molecule has 0 heterocycles. The second kappa shape index (κ2) is 7.07. The summed E-state index contributed by atoms with van der Waals surface area (Å²) < 4.78 is 11.2. The maximum absolute atomic E-state index is 5.73. The largest absolute Gasteiger partial charge is 0.523 e. The lowest BCUT2D eigenvalue weighted by Crippen LogP contribution is -2.18. The van der Waals surface area contributed by atoms with Gasteiger partial charge in [0.05, 0.1) is 5.76 Å². The molecule has 87 valence electrons. The van der Waals surface area contributed by atoms with Crippen molar-refractivity contribution in [3.05, 3.63) is 11.8 Å². The summed E-state index contributed by atoms with van der Waals surface area (Å²) in [6.07, 6.45) is 9.13. The number of hydrogen-bond acceptors (Lipinski definition) is 2. The monoisotopic (exact) mass is 227 g/mol. The number of allylic oxidation sites excluding steroid dienone is 2. The van der Waals surface area contributed by atoms with Crippen LogP contribution in [0.1, 0.15) is 46.0 Å². The third-order valence-corrected chi connectivity index (χ3v) is 4.08. The molecular weight excluding hydrogens is 204 g/mol. The Hall–Kier alpha value is -0.283. The highest BCUT2D eigenvalue weighted by Gasteiger charge is 2.13. The smallest absolute Gasteiger partial charge is 0.454 e. The molecule has 0 amide bonds. The van der Waals surface area contributed by atoms with Crippen LogP contribution in [0.4, 0.5) is 0 Å². The van der Waals surface area contributed by atoms with E-state index in [-0.39, 0.29) is 0 Å². The molecule has 0 atom stereocenters. The zero-order valence-electron chi connectivity index (χ0n) is 10.2. The highest BCUT2D eigenvalue weighted by atomic mass is 28.3. The van der Waals surface area contributed by atoms with E-state index >= 15 is 0 Å². The molecule has 0 saturated heterocycles. The Morgan fingerprint density at radius 2 is 2.00 bits per heavy atom. The molecule has 0 spiro atoms. The van der Waals surface area contributed by atoms with Crippen LogP contribution in [0.3, 0.4) is 0 Å². The summed E-state index contributed by atoms with van der Waals surface area (Å²) in [6.45, 7) is 6.87. The molecule has 0 N–H and O–H groups in total. The topological polar surface area (TPSA) is 18.5 Å². The fraction of sp³-hybridized carbons (Fsp3) is 0.833. The van der Waals surface area contributed by atoms with Gasteiger partial charge in [-0.1, -0.05) is 19.3 Å². The SMILES string of the molecule is CCO[Si](C)OC(C)=CC1CCCCC1. The summed E-state index contributed by atoms with van der Waals surface area (Å²) in [7, 11) is -1.06. The van der Waals surface area contributed by atoms with Crippen LogP contribution >= 0.6 is 0 Å². The van der Waals surface area contributed by atoms with Crippen molar-refractivity contribution in [2.45, 2.75) is 52.5 Å². The van der Waals surface area contributed by atoms with Crippen LogP contribution in [-0.4, -0.2) is 15.9 Å². The summed E-state index contributed by atoms with van der Waals surface area (Å²) >= 11 is 0. The van der Waals surface area contributed by atoms with Gasteiger partial charge in [0.1, 0.15) is 0 Å². The van der Waals surface area contributed by atoms with Crippen LogP contribution < -0.4 is 0 Å². The van der Waals surface area contributed by atoms with Crippen molar-refractivity contribution >= 4 is 9.28 Å². The van der Waals surface area contributed by atoms with Gasteiger partial charge in [0, 0.05) is 6.61 Å². The molecule has 0 aliphatic heterocycles. The van der Waals surface area contributed by atoms with Gasteiger partial charge in [-0.2, -0.15) is 0 Å². The molecule has 3 heteroatoms. The van der Waals surface area contributed by atoms with Gasteiger partial charge in [0.25, 0.3) is 0 Å². The van der Waals surface area contributed by atoms with E-state index in [2.05, 4.69) is 13.0 Å².